The Morgan fingerprint density at radius 3 is 1.38 bits per heavy atom. The highest BCUT2D eigenvalue weighted by atomic mass is 16.3. The number of carbonyl (C=O) groups is 2. The minimum Gasteiger partial charge on any atom is -0.507 e. The summed E-state index contributed by atoms with van der Waals surface area (Å²) in [5.74, 6) is -1.78. The van der Waals surface area contributed by atoms with Gasteiger partial charge in [-0.05, 0) is 36.1 Å². The summed E-state index contributed by atoms with van der Waals surface area (Å²) >= 11 is 0. The minimum atomic E-state index is -0.527. The van der Waals surface area contributed by atoms with Crippen molar-refractivity contribution in [2.24, 2.45) is 0 Å². The van der Waals surface area contributed by atoms with E-state index in [1.807, 2.05) is 13.8 Å². The number of fused-ring (bicyclic) bond motifs is 2. The molecule has 1 aliphatic rings. The fraction of sp³-hybridized carbons (Fsp3) is 0.417. The second kappa shape index (κ2) is 10.2. The van der Waals surface area contributed by atoms with Crippen LogP contribution in [-0.2, 0) is 0 Å². The predicted molar refractivity (Wildman–Crippen MR) is 119 cm³/mol. The molecular formula is C24H30N2O6. The first kappa shape index (κ1) is 23.9. The molecule has 6 N–H and O–H groups in total. The minimum absolute atomic E-state index is 0.0792. The molecule has 0 radical (unpaired) electrons. The third-order valence-electron chi connectivity index (χ3n) is 5.91. The monoisotopic (exact) mass is 442 g/mol. The maximum atomic E-state index is 13.7. The summed E-state index contributed by atoms with van der Waals surface area (Å²) in [6.07, 6.45) is 1.21. The molecule has 0 saturated carbocycles. The summed E-state index contributed by atoms with van der Waals surface area (Å²) in [5, 5.41) is 45.7. The second-order valence-corrected chi connectivity index (χ2v) is 7.78. The first-order valence-corrected chi connectivity index (χ1v) is 10.9. The van der Waals surface area contributed by atoms with Crippen molar-refractivity contribution in [1.82, 2.24) is 10.6 Å². The number of phenols is 2. The van der Waals surface area contributed by atoms with Gasteiger partial charge in [0.15, 0.2) is 11.6 Å². The molecule has 0 saturated heterocycles. The van der Waals surface area contributed by atoms with Crippen LogP contribution in [0.2, 0.25) is 0 Å². The van der Waals surface area contributed by atoms with Crippen LogP contribution >= 0.6 is 0 Å². The third kappa shape index (κ3) is 4.14. The smallest absolute Gasteiger partial charge is 0.198 e. The van der Waals surface area contributed by atoms with Gasteiger partial charge < -0.3 is 31.1 Å². The standard InChI is InChI=1S/C24H30N2O6/c1-3-15(25-9-11-27)13-5-6-14(16(4-2)26-10-12-28)20-19(13)23(31)21-17(29)7-8-18(30)22(21)24(20)32/h5-8,15-16,25-30H,3-4,9-12H2,1-2H3. The van der Waals surface area contributed by atoms with E-state index in [9.17, 15) is 30.0 Å². The molecule has 2 atom stereocenters. The lowest BCUT2D eigenvalue weighted by Gasteiger charge is -2.29. The number of phenolic OH excluding ortho intramolecular Hbond substituents is 2. The highest BCUT2D eigenvalue weighted by Crippen LogP contribution is 2.42. The molecule has 1 aliphatic carbocycles. The van der Waals surface area contributed by atoms with Crippen LogP contribution in [0.25, 0.3) is 0 Å². The predicted octanol–water partition coefficient (Wildman–Crippen LogP) is 1.94. The number of aromatic hydroxyl groups is 2. The zero-order valence-corrected chi connectivity index (χ0v) is 18.3. The van der Waals surface area contributed by atoms with Crippen LogP contribution < -0.4 is 10.6 Å². The van der Waals surface area contributed by atoms with Crippen LogP contribution in [0, 0.1) is 0 Å². The van der Waals surface area contributed by atoms with Gasteiger partial charge in [0, 0.05) is 36.3 Å². The number of ketones is 2. The van der Waals surface area contributed by atoms with Crippen molar-refractivity contribution >= 4 is 11.6 Å². The van der Waals surface area contributed by atoms with Crippen molar-refractivity contribution in [3.05, 3.63) is 57.6 Å². The number of carbonyl (C=O) groups excluding carboxylic acids is 2. The van der Waals surface area contributed by atoms with Gasteiger partial charge >= 0.3 is 0 Å². The Bertz CT molecular complexity index is 940. The van der Waals surface area contributed by atoms with Gasteiger partial charge in [0.2, 0.25) is 0 Å². The van der Waals surface area contributed by atoms with Crippen LogP contribution in [0.5, 0.6) is 11.5 Å². The van der Waals surface area contributed by atoms with Crippen molar-refractivity contribution in [1.29, 1.82) is 0 Å². The lowest BCUT2D eigenvalue weighted by molar-refractivity contribution is 0.0971. The molecule has 8 heteroatoms. The molecule has 0 heterocycles. The van der Waals surface area contributed by atoms with E-state index >= 15 is 0 Å². The lowest BCUT2D eigenvalue weighted by atomic mass is 9.76. The number of rotatable bonds is 10. The maximum absolute atomic E-state index is 13.7. The normalized spacial score (nSPS) is 14.8. The Morgan fingerprint density at radius 2 is 1.06 bits per heavy atom. The lowest BCUT2D eigenvalue weighted by Crippen LogP contribution is -2.32. The fourth-order valence-electron chi connectivity index (χ4n) is 4.42. The van der Waals surface area contributed by atoms with Crippen LogP contribution in [0.15, 0.2) is 24.3 Å². The quantitative estimate of drug-likeness (QED) is 0.262. The summed E-state index contributed by atoms with van der Waals surface area (Å²) in [5.41, 5.74) is 1.19. The van der Waals surface area contributed by atoms with E-state index in [0.717, 1.165) is 0 Å². The number of hydrogen-bond donors (Lipinski definition) is 6. The van der Waals surface area contributed by atoms with Gasteiger partial charge in [-0.25, -0.2) is 0 Å². The zero-order valence-electron chi connectivity index (χ0n) is 18.3. The van der Waals surface area contributed by atoms with Crippen LogP contribution in [0.1, 0.15) is 81.7 Å². The summed E-state index contributed by atoms with van der Waals surface area (Å²) in [7, 11) is 0. The van der Waals surface area contributed by atoms with Crippen molar-refractivity contribution in [2.75, 3.05) is 26.3 Å². The highest BCUT2D eigenvalue weighted by molar-refractivity contribution is 6.31. The molecule has 172 valence electrons. The van der Waals surface area contributed by atoms with Crippen LogP contribution in [-0.4, -0.2) is 58.3 Å². The van der Waals surface area contributed by atoms with Crippen molar-refractivity contribution < 1.29 is 30.0 Å². The number of nitrogens with one attached hydrogen (secondary N) is 2. The number of aliphatic hydroxyl groups excluding tert-OH is 2. The molecule has 32 heavy (non-hydrogen) atoms. The Hall–Kier alpha value is -2.78. The van der Waals surface area contributed by atoms with E-state index in [4.69, 9.17) is 0 Å². The van der Waals surface area contributed by atoms with Gasteiger partial charge in [0.1, 0.15) is 11.5 Å². The van der Waals surface area contributed by atoms with Gasteiger partial charge in [0.05, 0.1) is 24.3 Å². The molecule has 2 aromatic rings. The average Bonchev–Trinajstić information content (AvgIpc) is 2.79. The summed E-state index contributed by atoms with van der Waals surface area (Å²) in [6, 6.07) is 5.40. The first-order valence-electron chi connectivity index (χ1n) is 10.9. The molecule has 8 nitrogen and oxygen atoms in total. The molecule has 0 aromatic heterocycles. The molecule has 0 bridgehead atoms. The van der Waals surface area contributed by atoms with Gasteiger partial charge in [-0.15, -0.1) is 0 Å². The van der Waals surface area contributed by atoms with E-state index in [2.05, 4.69) is 10.6 Å². The molecule has 2 unspecified atom stereocenters. The number of benzene rings is 2. The van der Waals surface area contributed by atoms with E-state index in [0.29, 0.717) is 37.1 Å². The molecule has 0 fully saturated rings. The Morgan fingerprint density at radius 1 is 0.688 bits per heavy atom. The maximum Gasteiger partial charge on any atom is 0.198 e. The molecule has 0 amide bonds. The van der Waals surface area contributed by atoms with Gasteiger partial charge in [-0.1, -0.05) is 26.0 Å². The van der Waals surface area contributed by atoms with Gasteiger partial charge in [-0.2, -0.15) is 0 Å². The highest BCUT2D eigenvalue weighted by Gasteiger charge is 2.39. The number of hydrogen-bond acceptors (Lipinski definition) is 8. The fourth-order valence-corrected chi connectivity index (χ4v) is 4.42. The van der Waals surface area contributed by atoms with Crippen molar-refractivity contribution in [3.63, 3.8) is 0 Å². The van der Waals surface area contributed by atoms with E-state index in [-0.39, 0.29) is 59.1 Å². The Balaban J connectivity index is 2.30. The largest absolute Gasteiger partial charge is 0.507 e. The van der Waals surface area contributed by atoms with Gasteiger partial charge in [0.25, 0.3) is 0 Å². The average molecular weight is 443 g/mol. The Kier molecular flexibility index (Phi) is 7.63. The summed E-state index contributed by atoms with van der Waals surface area (Å²) in [6.45, 7) is 4.33. The van der Waals surface area contributed by atoms with E-state index < -0.39 is 11.6 Å². The Labute approximate surface area is 186 Å². The van der Waals surface area contributed by atoms with E-state index in [1.54, 1.807) is 12.1 Å². The third-order valence-corrected chi connectivity index (χ3v) is 5.91. The first-order chi connectivity index (χ1) is 15.4. The SMILES string of the molecule is CCC(NCCO)c1ccc(C(CC)NCCO)c2c1C(=O)c1c(O)ccc(O)c1C2=O. The zero-order chi connectivity index (χ0) is 23.4. The van der Waals surface area contributed by atoms with Crippen molar-refractivity contribution in [2.45, 2.75) is 38.8 Å². The molecular weight excluding hydrogens is 412 g/mol. The van der Waals surface area contributed by atoms with Crippen LogP contribution in [0.4, 0.5) is 0 Å². The van der Waals surface area contributed by atoms with Crippen molar-refractivity contribution in [3.8, 4) is 11.5 Å². The number of aliphatic hydroxyl groups is 2. The topological polar surface area (TPSA) is 139 Å². The van der Waals surface area contributed by atoms with Gasteiger partial charge in [-0.3, -0.25) is 9.59 Å². The molecule has 0 aliphatic heterocycles. The molecule has 2 aromatic carbocycles. The summed E-state index contributed by atoms with van der Waals surface area (Å²) < 4.78 is 0. The molecule has 3 rings (SSSR count). The van der Waals surface area contributed by atoms with E-state index in [1.165, 1.54) is 12.1 Å². The second-order valence-electron chi connectivity index (χ2n) is 7.78. The summed E-state index contributed by atoms with van der Waals surface area (Å²) in [4.78, 5) is 27.3. The van der Waals surface area contributed by atoms with Crippen LogP contribution in [0.3, 0.4) is 0 Å². The molecule has 0 spiro atoms.